The van der Waals surface area contributed by atoms with Gasteiger partial charge in [0.2, 0.25) is 0 Å². The van der Waals surface area contributed by atoms with Gasteiger partial charge in [-0.05, 0) is 50.7 Å². The van der Waals surface area contributed by atoms with Gasteiger partial charge in [-0.2, -0.15) is 0 Å². The van der Waals surface area contributed by atoms with E-state index in [4.69, 9.17) is 0 Å². The zero-order valence-corrected chi connectivity index (χ0v) is 12.0. The van der Waals surface area contributed by atoms with E-state index >= 15 is 0 Å². The van der Waals surface area contributed by atoms with Gasteiger partial charge in [-0.15, -0.1) is 0 Å². The average molecular weight is 418 g/mol. The van der Waals surface area contributed by atoms with Crippen LogP contribution in [0.1, 0.15) is 16.8 Å². The van der Waals surface area contributed by atoms with E-state index in [1.165, 1.54) is 0 Å². The molecular formula is C9H7Br2IO. The third kappa shape index (κ3) is 3.32. The van der Waals surface area contributed by atoms with Crippen molar-refractivity contribution < 1.29 is 4.79 Å². The molecule has 0 bridgehead atoms. The van der Waals surface area contributed by atoms with Crippen molar-refractivity contribution in [2.45, 2.75) is 6.42 Å². The van der Waals surface area contributed by atoms with Gasteiger partial charge in [0.1, 0.15) is 0 Å². The first-order valence-electron chi connectivity index (χ1n) is 3.69. The van der Waals surface area contributed by atoms with Crippen LogP contribution < -0.4 is 0 Å². The number of Topliss-reactive ketones (excluding diaryl/α,β-unsaturated/α-hetero) is 1. The zero-order valence-electron chi connectivity index (χ0n) is 6.69. The van der Waals surface area contributed by atoms with E-state index in [-0.39, 0.29) is 5.78 Å². The summed E-state index contributed by atoms with van der Waals surface area (Å²) in [6.45, 7) is 0. The third-order valence-corrected chi connectivity index (χ3v) is 4.28. The van der Waals surface area contributed by atoms with Crippen LogP contribution in [0.4, 0.5) is 0 Å². The first-order chi connectivity index (χ1) is 6.15. The second-order valence-corrected chi connectivity index (χ2v) is 5.30. The number of hydrogen-bond acceptors (Lipinski definition) is 1. The maximum Gasteiger partial charge on any atom is 0.163 e. The second kappa shape index (κ2) is 5.46. The van der Waals surface area contributed by atoms with E-state index in [1.807, 2.05) is 18.2 Å². The van der Waals surface area contributed by atoms with Crippen molar-refractivity contribution in [2.75, 3.05) is 5.33 Å². The highest BCUT2D eigenvalue weighted by atomic mass is 127. The van der Waals surface area contributed by atoms with Gasteiger partial charge in [0.15, 0.2) is 5.78 Å². The minimum Gasteiger partial charge on any atom is -0.294 e. The van der Waals surface area contributed by atoms with Crippen LogP contribution in [0.15, 0.2) is 22.7 Å². The van der Waals surface area contributed by atoms with Crippen molar-refractivity contribution in [2.24, 2.45) is 0 Å². The summed E-state index contributed by atoms with van der Waals surface area (Å²) in [5.41, 5.74) is 0.784. The largest absolute Gasteiger partial charge is 0.294 e. The Balaban J connectivity index is 2.90. The summed E-state index contributed by atoms with van der Waals surface area (Å²) < 4.78 is 2.10. The molecule has 0 N–H and O–H groups in total. The van der Waals surface area contributed by atoms with Crippen LogP contribution in [0.3, 0.4) is 0 Å². The van der Waals surface area contributed by atoms with Crippen molar-refractivity contribution in [1.29, 1.82) is 0 Å². The van der Waals surface area contributed by atoms with Gasteiger partial charge in [0.25, 0.3) is 0 Å². The number of alkyl halides is 1. The molecule has 1 nitrogen and oxygen atoms in total. The Morgan fingerprint density at radius 2 is 2.15 bits per heavy atom. The summed E-state index contributed by atoms with van der Waals surface area (Å²) in [6.07, 6.45) is 0.553. The average Bonchev–Trinajstić information content (AvgIpc) is 2.10. The van der Waals surface area contributed by atoms with Crippen molar-refractivity contribution in [3.8, 4) is 0 Å². The molecule has 70 valence electrons. The molecule has 0 amide bonds. The molecule has 4 heteroatoms. The maximum atomic E-state index is 11.5. The van der Waals surface area contributed by atoms with Crippen LogP contribution in [0.2, 0.25) is 0 Å². The molecule has 0 saturated heterocycles. The number of halogens is 3. The molecule has 0 heterocycles. The van der Waals surface area contributed by atoms with Gasteiger partial charge in [-0.25, -0.2) is 0 Å². The van der Waals surface area contributed by atoms with Crippen LogP contribution in [-0.2, 0) is 0 Å². The van der Waals surface area contributed by atoms with Gasteiger partial charge in [-0.3, -0.25) is 4.79 Å². The quantitative estimate of drug-likeness (QED) is 0.412. The Kier molecular flexibility index (Phi) is 4.89. The predicted molar refractivity (Wildman–Crippen MR) is 69.6 cm³/mol. The summed E-state index contributed by atoms with van der Waals surface area (Å²) >= 11 is 8.84. The number of benzene rings is 1. The van der Waals surface area contributed by atoms with E-state index in [2.05, 4.69) is 54.5 Å². The van der Waals surface area contributed by atoms with Crippen molar-refractivity contribution >= 4 is 60.2 Å². The molecule has 0 aromatic heterocycles. The van der Waals surface area contributed by atoms with Gasteiger partial charge >= 0.3 is 0 Å². The van der Waals surface area contributed by atoms with Crippen LogP contribution >= 0.6 is 54.5 Å². The van der Waals surface area contributed by atoms with Crippen LogP contribution in [-0.4, -0.2) is 11.1 Å². The summed E-state index contributed by atoms with van der Waals surface area (Å²) in [7, 11) is 0. The van der Waals surface area contributed by atoms with Crippen molar-refractivity contribution in [3.05, 3.63) is 31.8 Å². The fourth-order valence-electron chi connectivity index (χ4n) is 0.900. The highest BCUT2D eigenvalue weighted by Gasteiger charge is 2.06. The van der Waals surface area contributed by atoms with Crippen LogP contribution in [0.5, 0.6) is 0 Å². The topological polar surface area (TPSA) is 17.1 Å². The molecule has 0 fully saturated rings. The molecule has 0 aliphatic rings. The molecule has 0 unspecified atom stereocenters. The van der Waals surface area contributed by atoms with Crippen LogP contribution in [0, 0.1) is 3.57 Å². The minimum absolute atomic E-state index is 0.183. The second-order valence-electron chi connectivity index (χ2n) is 2.49. The fourth-order valence-corrected chi connectivity index (χ4v) is 2.02. The Morgan fingerprint density at radius 3 is 2.69 bits per heavy atom. The molecule has 1 aromatic rings. The summed E-state index contributed by atoms with van der Waals surface area (Å²) in [5.74, 6) is 0.183. The normalized spacial score (nSPS) is 10.1. The lowest BCUT2D eigenvalue weighted by Gasteiger charge is -2.00. The van der Waals surface area contributed by atoms with Gasteiger partial charge in [0.05, 0.1) is 0 Å². The van der Waals surface area contributed by atoms with Crippen molar-refractivity contribution in [1.82, 2.24) is 0 Å². The lowest BCUT2D eigenvalue weighted by atomic mass is 10.1. The maximum absolute atomic E-state index is 11.5. The fraction of sp³-hybridized carbons (Fsp3) is 0.222. The molecule has 1 rings (SSSR count). The van der Waals surface area contributed by atoms with Gasteiger partial charge < -0.3 is 0 Å². The SMILES string of the molecule is O=C(CCBr)c1ccc(Br)c(I)c1. The number of carbonyl (C=O) groups is 1. The zero-order chi connectivity index (χ0) is 9.84. The number of ketones is 1. The molecule has 0 saturated carbocycles. The Morgan fingerprint density at radius 1 is 1.46 bits per heavy atom. The summed E-state index contributed by atoms with van der Waals surface area (Å²) in [5, 5.41) is 0.721. The Bertz CT molecular complexity index is 325. The molecule has 0 spiro atoms. The Hall–Kier alpha value is 0.580. The summed E-state index contributed by atoms with van der Waals surface area (Å²) in [4.78, 5) is 11.5. The Labute approximate surface area is 108 Å². The highest BCUT2D eigenvalue weighted by Crippen LogP contribution is 2.20. The van der Waals surface area contributed by atoms with E-state index in [1.54, 1.807) is 0 Å². The van der Waals surface area contributed by atoms with E-state index in [9.17, 15) is 4.79 Å². The van der Waals surface area contributed by atoms with Gasteiger partial charge in [-0.1, -0.05) is 22.0 Å². The highest BCUT2D eigenvalue weighted by molar-refractivity contribution is 14.1. The lowest BCUT2D eigenvalue weighted by Crippen LogP contribution is -1.99. The minimum atomic E-state index is 0.183. The number of rotatable bonds is 3. The van der Waals surface area contributed by atoms with E-state index in [0.29, 0.717) is 6.42 Å². The van der Waals surface area contributed by atoms with E-state index < -0.39 is 0 Å². The molecule has 0 atom stereocenters. The molecule has 1 aromatic carbocycles. The van der Waals surface area contributed by atoms with Gasteiger partial charge in [0, 0.05) is 25.4 Å². The number of hydrogen-bond donors (Lipinski definition) is 0. The summed E-state index contributed by atoms with van der Waals surface area (Å²) in [6, 6.07) is 5.65. The number of carbonyl (C=O) groups excluding carboxylic acids is 1. The molecule has 0 aliphatic carbocycles. The standard InChI is InChI=1S/C9H7Br2IO/c10-4-3-9(13)6-1-2-7(11)8(12)5-6/h1-2,5H,3-4H2. The van der Waals surface area contributed by atoms with Crippen molar-refractivity contribution in [3.63, 3.8) is 0 Å². The van der Waals surface area contributed by atoms with Crippen LogP contribution in [0.25, 0.3) is 0 Å². The third-order valence-electron chi connectivity index (χ3n) is 1.56. The smallest absolute Gasteiger partial charge is 0.163 e. The molecule has 13 heavy (non-hydrogen) atoms. The first kappa shape index (κ1) is 11.7. The molecule has 0 aliphatic heterocycles. The molecular weight excluding hydrogens is 411 g/mol. The molecule has 0 radical (unpaired) electrons. The predicted octanol–water partition coefficient (Wildman–Crippen LogP) is 4.02. The van der Waals surface area contributed by atoms with E-state index in [0.717, 1.165) is 18.9 Å². The lowest BCUT2D eigenvalue weighted by molar-refractivity contribution is 0.0990. The first-order valence-corrected chi connectivity index (χ1v) is 6.68. The monoisotopic (exact) mass is 416 g/mol.